The van der Waals surface area contributed by atoms with Gasteiger partial charge in [-0.2, -0.15) is 0 Å². The van der Waals surface area contributed by atoms with Crippen molar-refractivity contribution in [3.8, 4) is 0 Å². The molecule has 11 heteroatoms. The summed E-state index contributed by atoms with van der Waals surface area (Å²) < 4.78 is 36.8. The average molecular weight is 715 g/mol. The Kier molecular flexibility index (Phi) is 13.9. The number of esters is 3. The number of benzene rings is 3. The van der Waals surface area contributed by atoms with Crippen LogP contribution in [0.25, 0.3) is 0 Å². The lowest BCUT2D eigenvalue weighted by molar-refractivity contribution is -0.161. The first-order valence-corrected chi connectivity index (χ1v) is 17.7. The molecule has 0 aliphatic heterocycles. The predicted molar refractivity (Wildman–Crippen MR) is 194 cm³/mol. The zero-order chi connectivity index (χ0) is 37.9. The fraction of sp³-hybridized carbons (Fsp3) is 0.275. The molecule has 0 aliphatic carbocycles. The third-order valence-corrected chi connectivity index (χ3v) is 10.7. The zero-order valence-corrected chi connectivity index (χ0v) is 30.5. The van der Waals surface area contributed by atoms with E-state index < -0.39 is 41.5 Å². The van der Waals surface area contributed by atoms with Gasteiger partial charge in [0.25, 0.3) is 0 Å². The quantitative estimate of drug-likeness (QED) is 0.0614. The van der Waals surface area contributed by atoms with Gasteiger partial charge in [-0.15, -0.1) is 0 Å². The second-order valence-electron chi connectivity index (χ2n) is 12.4. The molecule has 268 valence electrons. The van der Waals surface area contributed by atoms with Gasteiger partial charge in [-0.05, 0) is 62.4 Å². The van der Waals surface area contributed by atoms with E-state index in [1.54, 1.807) is 70.2 Å². The van der Waals surface area contributed by atoms with Crippen molar-refractivity contribution in [1.29, 1.82) is 0 Å². The maximum atomic E-state index is 15.0. The topological polar surface area (TPSA) is 139 Å². The molecule has 0 heterocycles. The molecule has 10 nitrogen and oxygen atoms in total. The van der Waals surface area contributed by atoms with Crippen molar-refractivity contribution < 1.29 is 47.5 Å². The molecule has 3 aromatic carbocycles. The molecule has 0 N–H and O–H groups in total. The van der Waals surface area contributed by atoms with E-state index in [0.717, 1.165) is 23.8 Å². The van der Waals surface area contributed by atoms with Crippen molar-refractivity contribution in [2.24, 2.45) is 5.41 Å². The molecule has 1 unspecified atom stereocenters. The minimum absolute atomic E-state index is 0.0326. The average Bonchev–Trinajstić information content (AvgIpc) is 3.10. The molecule has 0 saturated carbocycles. The summed E-state index contributed by atoms with van der Waals surface area (Å²) in [5.74, 6) is -2.26. The molecular weight excluding hydrogens is 671 g/mol. The molecule has 0 aromatic heterocycles. The van der Waals surface area contributed by atoms with Gasteiger partial charge in [-0.25, -0.2) is 14.4 Å². The maximum absolute atomic E-state index is 15.0. The van der Waals surface area contributed by atoms with Crippen LogP contribution in [-0.2, 0) is 44.5 Å². The number of rotatable bonds is 18. The lowest BCUT2D eigenvalue weighted by atomic mass is 9.92. The van der Waals surface area contributed by atoms with Crippen molar-refractivity contribution in [3.05, 3.63) is 137 Å². The maximum Gasteiger partial charge on any atom is 0.330 e. The Hall–Kier alpha value is -5.18. The van der Waals surface area contributed by atoms with Gasteiger partial charge in [0.2, 0.25) is 18.2 Å². The standard InChI is InChI=1S/C40H43O10P/c1-9-33(41)48-23-40(24-49-34(42)10-2,25-50-35(43)11-3)22-47-21-31-19-29(7)37(30(8)20-31)39(45)51(46,32-15-13-12-14-16-32)38(44)36-27(5)17-26(4)18-28(36)6/h9-20H,1-3,21-25H2,4-8H3. The lowest BCUT2D eigenvalue weighted by Crippen LogP contribution is -2.43. The number of ether oxygens (including phenoxy) is 4. The van der Waals surface area contributed by atoms with Crippen molar-refractivity contribution in [3.63, 3.8) is 0 Å². The van der Waals surface area contributed by atoms with Crippen molar-refractivity contribution in [2.45, 2.75) is 41.2 Å². The second-order valence-corrected chi connectivity index (χ2v) is 14.9. The smallest absolute Gasteiger partial charge is 0.330 e. The normalized spacial score (nSPS) is 12.2. The van der Waals surface area contributed by atoms with Crippen molar-refractivity contribution >= 4 is 41.4 Å². The van der Waals surface area contributed by atoms with Crippen LogP contribution in [0.3, 0.4) is 0 Å². The third-order valence-electron chi connectivity index (χ3n) is 8.13. The van der Waals surface area contributed by atoms with Gasteiger partial charge >= 0.3 is 17.9 Å². The van der Waals surface area contributed by atoms with Crippen LogP contribution < -0.4 is 5.30 Å². The zero-order valence-electron chi connectivity index (χ0n) is 29.6. The van der Waals surface area contributed by atoms with E-state index in [0.29, 0.717) is 27.8 Å². The molecule has 3 rings (SSSR count). The van der Waals surface area contributed by atoms with Gasteiger partial charge in [-0.3, -0.25) is 9.59 Å². The Morgan fingerprint density at radius 3 is 1.41 bits per heavy atom. The monoisotopic (exact) mass is 714 g/mol. The van der Waals surface area contributed by atoms with Gasteiger partial charge < -0.3 is 23.5 Å². The Bertz CT molecular complexity index is 1800. The van der Waals surface area contributed by atoms with Gasteiger partial charge in [-0.1, -0.05) is 79.9 Å². The van der Waals surface area contributed by atoms with Crippen LogP contribution in [0, 0.1) is 40.0 Å². The second kappa shape index (κ2) is 17.7. The summed E-state index contributed by atoms with van der Waals surface area (Å²) in [4.78, 5) is 64.6. The van der Waals surface area contributed by atoms with Crippen LogP contribution in [0.2, 0.25) is 0 Å². The van der Waals surface area contributed by atoms with E-state index in [4.69, 9.17) is 18.9 Å². The Morgan fingerprint density at radius 1 is 0.627 bits per heavy atom. The number of carbonyl (C=O) groups excluding carboxylic acids is 5. The van der Waals surface area contributed by atoms with Crippen LogP contribution in [0.4, 0.5) is 0 Å². The summed E-state index contributed by atoms with van der Waals surface area (Å²) in [5.41, 5.74) is 1.41. The minimum Gasteiger partial charge on any atom is -0.462 e. The summed E-state index contributed by atoms with van der Waals surface area (Å²) in [6.07, 6.45) is 2.87. The van der Waals surface area contributed by atoms with Crippen molar-refractivity contribution in [2.75, 3.05) is 26.4 Å². The molecule has 0 amide bonds. The molecule has 0 aliphatic rings. The van der Waals surface area contributed by atoms with E-state index in [-0.39, 0.29) is 49.5 Å². The first-order chi connectivity index (χ1) is 24.1. The van der Waals surface area contributed by atoms with Crippen LogP contribution in [-0.4, -0.2) is 55.4 Å². The molecule has 0 radical (unpaired) electrons. The predicted octanol–water partition coefficient (Wildman–Crippen LogP) is 6.59. The van der Waals surface area contributed by atoms with Gasteiger partial charge in [0.15, 0.2) is 0 Å². The van der Waals surface area contributed by atoms with E-state index >= 15 is 4.57 Å². The van der Waals surface area contributed by atoms with Crippen LogP contribution in [0.5, 0.6) is 0 Å². The molecule has 1 atom stereocenters. The molecule has 3 aromatic rings. The molecular formula is C40H43O10P. The Balaban J connectivity index is 1.98. The summed E-state index contributed by atoms with van der Waals surface area (Å²) in [7, 11) is -4.39. The summed E-state index contributed by atoms with van der Waals surface area (Å²) in [6.45, 7) is 17.6. The first kappa shape index (κ1) is 40.3. The Labute approximate surface area is 298 Å². The summed E-state index contributed by atoms with van der Waals surface area (Å²) >= 11 is 0. The highest BCUT2D eigenvalue weighted by molar-refractivity contribution is 8.01. The van der Waals surface area contributed by atoms with Crippen molar-refractivity contribution in [1.82, 2.24) is 0 Å². The van der Waals surface area contributed by atoms with Gasteiger partial charge in [0.1, 0.15) is 19.8 Å². The van der Waals surface area contributed by atoms with E-state index in [9.17, 15) is 24.0 Å². The van der Waals surface area contributed by atoms with Gasteiger partial charge in [0.05, 0.1) is 18.6 Å². The van der Waals surface area contributed by atoms with Crippen LogP contribution in [0.15, 0.2) is 92.6 Å². The highest BCUT2D eigenvalue weighted by Crippen LogP contribution is 2.52. The third kappa shape index (κ3) is 9.75. The molecule has 51 heavy (non-hydrogen) atoms. The summed E-state index contributed by atoms with van der Waals surface area (Å²) in [6, 6.07) is 15.1. The van der Waals surface area contributed by atoms with E-state index in [1.165, 1.54) is 0 Å². The minimum atomic E-state index is -4.39. The van der Waals surface area contributed by atoms with Gasteiger partial charge in [0, 0.05) is 34.7 Å². The SMILES string of the molecule is C=CC(=O)OCC(COCc1cc(C)c(C(=O)P(=O)(C(=O)c2c(C)cc(C)cc2C)c2ccccc2)c(C)c1)(COC(=O)C=C)COC(=O)C=C. The highest BCUT2D eigenvalue weighted by Gasteiger charge is 2.44. The number of hydrogen-bond acceptors (Lipinski definition) is 10. The number of carbonyl (C=O) groups is 5. The summed E-state index contributed by atoms with van der Waals surface area (Å²) in [5, 5.41) is 0.147. The molecule has 0 saturated heterocycles. The molecule has 0 fully saturated rings. The lowest BCUT2D eigenvalue weighted by Gasteiger charge is -2.31. The fourth-order valence-electron chi connectivity index (χ4n) is 5.76. The number of hydrogen-bond donors (Lipinski definition) is 0. The number of aryl methyl sites for hydroxylation is 5. The largest absolute Gasteiger partial charge is 0.462 e. The van der Waals surface area contributed by atoms with E-state index in [2.05, 4.69) is 19.7 Å². The Morgan fingerprint density at radius 2 is 1.02 bits per heavy atom. The van der Waals surface area contributed by atoms with E-state index in [1.807, 2.05) is 19.1 Å². The molecule has 0 bridgehead atoms. The fourth-order valence-corrected chi connectivity index (χ4v) is 8.34. The van der Waals surface area contributed by atoms with Crippen LogP contribution >= 0.6 is 7.14 Å². The highest BCUT2D eigenvalue weighted by atomic mass is 31.2. The van der Waals surface area contributed by atoms with Crippen LogP contribution in [0.1, 0.15) is 54.1 Å². The first-order valence-electron chi connectivity index (χ1n) is 16.0. The molecule has 0 spiro atoms.